The van der Waals surface area contributed by atoms with Crippen molar-refractivity contribution < 1.29 is 0 Å². The van der Waals surface area contributed by atoms with Crippen LogP contribution in [0.25, 0.3) is 0 Å². The Kier molecular flexibility index (Phi) is 4.07. The summed E-state index contributed by atoms with van der Waals surface area (Å²) in [5, 5.41) is 9.26. The minimum atomic E-state index is 0.202. The molecule has 0 radical (unpaired) electrons. The number of amidine groups is 1. The average molecular weight is 158 g/mol. The predicted octanol–water partition coefficient (Wildman–Crippen LogP) is 0.708. The third-order valence-corrected chi connectivity index (χ3v) is 1.46. The molecule has 0 amide bonds. The summed E-state index contributed by atoms with van der Waals surface area (Å²) in [7, 11) is 0. The molecule has 4 nitrogen and oxygen atoms in total. The highest BCUT2D eigenvalue weighted by molar-refractivity contribution is 5.80. The van der Waals surface area contributed by atoms with E-state index in [1.165, 1.54) is 0 Å². The van der Waals surface area contributed by atoms with Crippen LogP contribution in [0.3, 0.4) is 0 Å². The molecule has 0 aromatic rings. The lowest BCUT2D eigenvalue weighted by Gasteiger charge is -2.29. The zero-order valence-electron chi connectivity index (χ0n) is 7.68. The molecule has 4 N–H and O–H groups in total. The van der Waals surface area contributed by atoms with E-state index in [4.69, 9.17) is 11.3 Å². The van der Waals surface area contributed by atoms with Crippen LogP contribution in [0.4, 0.5) is 0 Å². The molecule has 0 aliphatic carbocycles. The Morgan fingerprint density at radius 1 is 1.36 bits per heavy atom. The first-order valence-corrected chi connectivity index (χ1v) is 3.84. The van der Waals surface area contributed by atoms with E-state index in [1.807, 2.05) is 27.7 Å². The number of nitrogens with one attached hydrogen (secondary N) is 2. The van der Waals surface area contributed by atoms with E-state index in [9.17, 15) is 0 Å². The molecule has 4 heteroatoms. The van der Waals surface area contributed by atoms with E-state index in [1.54, 1.807) is 5.01 Å². The van der Waals surface area contributed by atoms with E-state index >= 15 is 0 Å². The van der Waals surface area contributed by atoms with Crippen LogP contribution in [-0.2, 0) is 0 Å². The lowest BCUT2D eigenvalue weighted by molar-refractivity contribution is 0.245. The molecular weight excluding hydrogens is 140 g/mol. The van der Waals surface area contributed by atoms with Crippen molar-refractivity contribution in [1.29, 1.82) is 5.41 Å². The monoisotopic (exact) mass is 158 g/mol. The molecular formula is C7H18N4. The fourth-order valence-corrected chi connectivity index (χ4v) is 0.775. The van der Waals surface area contributed by atoms with Crippen LogP contribution in [0.2, 0.25) is 0 Å². The maximum absolute atomic E-state index is 7.61. The standard InChI is InChI=1S/C7H18N4/c1-5(2)7(8)11(10-9)6(3)4/h5-6,8,10H,9H2,1-4H3. The second-order valence-electron chi connectivity index (χ2n) is 3.13. The van der Waals surface area contributed by atoms with Crippen LogP contribution in [0.15, 0.2) is 0 Å². The van der Waals surface area contributed by atoms with Crippen LogP contribution < -0.4 is 11.4 Å². The first-order chi connectivity index (χ1) is 5.00. The molecule has 0 rings (SSSR count). The lowest BCUT2D eigenvalue weighted by Crippen LogP contribution is -2.51. The summed E-state index contributed by atoms with van der Waals surface area (Å²) in [6, 6.07) is 0.217. The van der Waals surface area contributed by atoms with Crippen molar-refractivity contribution in [2.75, 3.05) is 0 Å². The molecule has 0 saturated carbocycles. The average Bonchev–Trinajstić information content (AvgIpc) is 1.88. The lowest BCUT2D eigenvalue weighted by atomic mass is 10.2. The Labute approximate surface area is 68.2 Å². The zero-order valence-corrected chi connectivity index (χ0v) is 7.68. The van der Waals surface area contributed by atoms with Gasteiger partial charge in [0.2, 0.25) is 0 Å². The Morgan fingerprint density at radius 2 is 1.82 bits per heavy atom. The molecule has 66 valence electrons. The Hall–Kier alpha value is -0.610. The number of hydrazine groups is 2. The van der Waals surface area contributed by atoms with Crippen molar-refractivity contribution >= 4 is 5.84 Å². The number of hydrogen-bond donors (Lipinski definition) is 3. The molecule has 0 unspecified atom stereocenters. The van der Waals surface area contributed by atoms with E-state index in [0.717, 1.165) is 0 Å². The van der Waals surface area contributed by atoms with Crippen molar-refractivity contribution in [3.63, 3.8) is 0 Å². The summed E-state index contributed by atoms with van der Waals surface area (Å²) in [5.41, 5.74) is 2.49. The third-order valence-electron chi connectivity index (χ3n) is 1.46. The summed E-state index contributed by atoms with van der Waals surface area (Å²) in [4.78, 5) is 0. The Bertz CT molecular complexity index is 130. The molecule has 0 aliphatic rings. The third kappa shape index (κ3) is 2.86. The molecule has 0 bridgehead atoms. The van der Waals surface area contributed by atoms with Crippen LogP contribution in [0.1, 0.15) is 27.7 Å². The normalized spacial score (nSPS) is 10.8. The van der Waals surface area contributed by atoms with Crippen molar-refractivity contribution in [2.45, 2.75) is 33.7 Å². The molecule has 0 aliphatic heterocycles. The number of nitrogens with two attached hydrogens (primary N) is 1. The van der Waals surface area contributed by atoms with E-state index in [2.05, 4.69) is 5.53 Å². The van der Waals surface area contributed by atoms with Gasteiger partial charge < -0.3 is 0 Å². The van der Waals surface area contributed by atoms with Crippen molar-refractivity contribution in [2.24, 2.45) is 11.8 Å². The fourth-order valence-electron chi connectivity index (χ4n) is 0.775. The van der Waals surface area contributed by atoms with Crippen molar-refractivity contribution in [3.8, 4) is 0 Å². The van der Waals surface area contributed by atoms with Gasteiger partial charge in [0.1, 0.15) is 5.84 Å². The van der Waals surface area contributed by atoms with Crippen molar-refractivity contribution in [1.82, 2.24) is 10.5 Å². The highest BCUT2D eigenvalue weighted by Gasteiger charge is 2.14. The van der Waals surface area contributed by atoms with Gasteiger partial charge in [0.05, 0.1) is 0 Å². The van der Waals surface area contributed by atoms with Crippen LogP contribution >= 0.6 is 0 Å². The SMILES string of the molecule is CC(C)C(=N)N(NN)C(C)C. The van der Waals surface area contributed by atoms with E-state index < -0.39 is 0 Å². The van der Waals surface area contributed by atoms with Gasteiger partial charge in [0.15, 0.2) is 0 Å². The molecule has 0 heterocycles. The molecule has 11 heavy (non-hydrogen) atoms. The largest absolute Gasteiger partial charge is 0.287 e. The summed E-state index contributed by atoms with van der Waals surface area (Å²) >= 11 is 0. The maximum atomic E-state index is 7.61. The second-order valence-corrected chi connectivity index (χ2v) is 3.13. The van der Waals surface area contributed by atoms with Gasteiger partial charge in [0.25, 0.3) is 0 Å². The second kappa shape index (κ2) is 4.31. The summed E-state index contributed by atoms with van der Waals surface area (Å²) in [5.74, 6) is 5.97. The Morgan fingerprint density at radius 3 is 1.91 bits per heavy atom. The zero-order chi connectivity index (χ0) is 9.02. The van der Waals surface area contributed by atoms with Crippen molar-refractivity contribution in [3.05, 3.63) is 0 Å². The first kappa shape index (κ1) is 10.4. The highest BCUT2D eigenvalue weighted by Crippen LogP contribution is 2.02. The van der Waals surface area contributed by atoms with Gasteiger partial charge in [-0.3, -0.25) is 16.3 Å². The van der Waals surface area contributed by atoms with Crippen LogP contribution in [0, 0.1) is 11.3 Å². The fraction of sp³-hybridized carbons (Fsp3) is 0.857. The van der Waals surface area contributed by atoms with Gasteiger partial charge in [-0.05, 0) is 13.8 Å². The maximum Gasteiger partial charge on any atom is 0.114 e. The molecule has 0 spiro atoms. The molecule has 0 atom stereocenters. The summed E-state index contributed by atoms with van der Waals surface area (Å²) in [6.45, 7) is 7.90. The first-order valence-electron chi connectivity index (χ1n) is 3.84. The Balaban J connectivity index is 4.15. The van der Waals surface area contributed by atoms with Crippen LogP contribution in [-0.4, -0.2) is 16.9 Å². The highest BCUT2D eigenvalue weighted by atomic mass is 15.6. The predicted molar refractivity (Wildman–Crippen MR) is 46.9 cm³/mol. The minimum Gasteiger partial charge on any atom is -0.287 e. The summed E-state index contributed by atoms with van der Waals surface area (Å²) in [6.07, 6.45) is 0. The van der Waals surface area contributed by atoms with Gasteiger partial charge in [-0.25, -0.2) is 0 Å². The van der Waals surface area contributed by atoms with Gasteiger partial charge >= 0.3 is 0 Å². The number of rotatable bonds is 3. The van der Waals surface area contributed by atoms with Gasteiger partial charge in [-0.15, -0.1) is 0 Å². The van der Waals surface area contributed by atoms with Gasteiger partial charge in [-0.1, -0.05) is 13.8 Å². The number of hydrogen-bond acceptors (Lipinski definition) is 3. The summed E-state index contributed by atoms with van der Waals surface area (Å²) < 4.78 is 0. The molecule has 0 aromatic carbocycles. The minimum absolute atomic E-state index is 0.202. The number of nitrogens with zero attached hydrogens (tertiary/aromatic N) is 1. The molecule has 0 aromatic heterocycles. The van der Waals surface area contributed by atoms with Gasteiger partial charge in [-0.2, -0.15) is 5.53 Å². The van der Waals surface area contributed by atoms with Gasteiger partial charge in [0, 0.05) is 12.0 Å². The van der Waals surface area contributed by atoms with Crippen LogP contribution in [0.5, 0.6) is 0 Å². The molecule has 0 fully saturated rings. The van der Waals surface area contributed by atoms with E-state index in [0.29, 0.717) is 5.84 Å². The quantitative estimate of drug-likeness (QED) is 0.245. The molecule has 0 saturated heterocycles. The smallest absolute Gasteiger partial charge is 0.114 e. The topological polar surface area (TPSA) is 65.1 Å². The van der Waals surface area contributed by atoms with E-state index in [-0.39, 0.29) is 12.0 Å².